The molecule has 0 atom stereocenters. The second-order valence-corrected chi connectivity index (χ2v) is 5.06. The smallest absolute Gasteiger partial charge is 0.123 e. The van der Waals surface area contributed by atoms with Gasteiger partial charge in [-0.1, -0.05) is 0 Å². The summed E-state index contributed by atoms with van der Waals surface area (Å²) in [5.74, 6) is -0.145. The van der Waals surface area contributed by atoms with Crippen molar-refractivity contribution in [2.75, 3.05) is 5.43 Å². The molecule has 0 aliphatic heterocycles. The Labute approximate surface area is 100 Å². The summed E-state index contributed by atoms with van der Waals surface area (Å²) < 4.78 is 15.5. The Bertz CT molecular complexity index is 569. The third-order valence-electron chi connectivity index (χ3n) is 3.37. The van der Waals surface area contributed by atoms with Gasteiger partial charge in [-0.2, -0.15) is 0 Å². The van der Waals surface area contributed by atoms with Crippen LogP contribution < -0.4 is 5.43 Å². The third kappa shape index (κ3) is 1.61. The Kier molecular flexibility index (Phi) is 2.35. The lowest BCUT2D eigenvalue weighted by atomic mass is 10.1. The average molecular weight is 232 g/mol. The molecule has 0 spiro atoms. The van der Waals surface area contributed by atoms with Crippen molar-refractivity contribution in [3.05, 3.63) is 35.3 Å². The van der Waals surface area contributed by atoms with Gasteiger partial charge in [0.1, 0.15) is 5.82 Å². The number of rotatable bonds is 2. The summed E-state index contributed by atoms with van der Waals surface area (Å²) in [4.78, 5) is 0. The van der Waals surface area contributed by atoms with Crippen LogP contribution in [0, 0.1) is 5.82 Å². The van der Waals surface area contributed by atoms with E-state index in [1.165, 1.54) is 23.7 Å². The van der Waals surface area contributed by atoms with Crippen LogP contribution in [-0.4, -0.2) is 10.7 Å². The molecule has 2 nitrogen and oxygen atoms in total. The normalized spacial score (nSPS) is 14.6. The highest BCUT2D eigenvalue weighted by Crippen LogP contribution is 2.32. The van der Waals surface area contributed by atoms with E-state index >= 15 is 0 Å². The summed E-state index contributed by atoms with van der Waals surface area (Å²) in [6.07, 6.45) is 3.34. The van der Waals surface area contributed by atoms with Gasteiger partial charge in [-0.25, -0.2) is 4.39 Å². The molecule has 0 bridgehead atoms. The lowest BCUT2D eigenvalue weighted by molar-refractivity contribution is 0.629. The number of fused-ring (bicyclic) bond motifs is 3. The molecule has 0 radical (unpaired) electrons. The summed E-state index contributed by atoms with van der Waals surface area (Å²) in [6.45, 7) is 4.24. The number of benzene rings is 1. The predicted molar refractivity (Wildman–Crippen MR) is 68.4 cm³/mol. The first-order valence-electron chi connectivity index (χ1n) is 6.25. The fourth-order valence-electron chi connectivity index (χ4n) is 2.76. The van der Waals surface area contributed by atoms with Gasteiger partial charge in [-0.3, -0.25) is 4.68 Å². The minimum atomic E-state index is -0.145. The number of nitrogens with zero attached hydrogens (tertiary/aromatic N) is 1. The average Bonchev–Trinajstić information content (AvgIpc) is 2.82. The lowest BCUT2D eigenvalue weighted by Crippen LogP contribution is -2.23. The predicted octanol–water partition coefficient (Wildman–Crippen LogP) is 3.22. The van der Waals surface area contributed by atoms with Crippen LogP contribution in [0.1, 0.15) is 31.5 Å². The van der Waals surface area contributed by atoms with Gasteiger partial charge in [0.15, 0.2) is 0 Å². The van der Waals surface area contributed by atoms with Crippen molar-refractivity contribution in [3.63, 3.8) is 0 Å². The van der Waals surface area contributed by atoms with Crippen molar-refractivity contribution in [1.29, 1.82) is 0 Å². The van der Waals surface area contributed by atoms with Crippen molar-refractivity contribution in [2.45, 2.75) is 39.2 Å². The summed E-state index contributed by atoms with van der Waals surface area (Å²) in [6, 6.07) is 5.45. The molecule has 0 fully saturated rings. The zero-order valence-electron chi connectivity index (χ0n) is 10.3. The molecule has 0 unspecified atom stereocenters. The first-order chi connectivity index (χ1) is 8.16. The maximum atomic E-state index is 13.3. The maximum absolute atomic E-state index is 13.3. The van der Waals surface area contributed by atoms with Crippen molar-refractivity contribution in [2.24, 2.45) is 0 Å². The lowest BCUT2D eigenvalue weighted by Gasteiger charge is -2.15. The van der Waals surface area contributed by atoms with Gasteiger partial charge < -0.3 is 5.43 Å². The van der Waals surface area contributed by atoms with Gasteiger partial charge in [0.2, 0.25) is 0 Å². The molecule has 0 saturated carbocycles. The Morgan fingerprint density at radius 3 is 2.88 bits per heavy atom. The molecule has 1 N–H and O–H groups in total. The van der Waals surface area contributed by atoms with Crippen molar-refractivity contribution >= 4 is 10.9 Å². The van der Waals surface area contributed by atoms with Crippen LogP contribution >= 0.6 is 0 Å². The number of aryl methyl sites for hydroxylation is 1. The summed E-state index contributed by atoms with van der Waals surface area (Å²) >= 11 is 0. The Morgan fingerprint density at radius 2 is 2.12 bits per heavy atom. The fraction of sp³-hybridized carbons (Fsp3) is 0.429. The molecule has 1 aromatic heterocycles. The quantitative estimate of drug-likeness (QED) is 0.841. The second-order valence-electron chi connectivity index (χ2n) is 5.06. The molecule has 1 heterocycles. The zero-order valence-corrected chi connectivity index (χ0v) is 10.3. The van der Waals surface area contributed by atoms with E-state index in [0.717, 1.165) is 23.7 Å². The Morgan fingerprint density at radius 1 is 1.29 bits per heavy atom. The van der Waals surface area contributed by atoms with Gasteiger partial charge in [-0.15, -0.1) is 0 Å². The van der Waals surface area contributed by atoms with Crippen molar-refractivity contribution in [1.82, 2.24) is 4.68 Å². The van der Waals surface area contributed by atoms with Crippen LogP contribution in [0.15, 0.2) is 18.2 Å². The van der Waals surface area contributed by atoms with Gasteiger partial charge >= 0.3 is 0 Å². The largest absolute Gasteiger partial charge is 0.323 e. The van der Waals surface area contributed by atoms with Gasteiger partial charge in [0, 0.05) is 17.1 Å². The van der Waals surface area contributed by atoms with Gasteiger partial charge in [0.25, 0.3) is 0 Å². The second kappa shape index (κ2) is 3.76. The monoisotopic (exact) mass is 232 g/mol. The van der Waals surface area contributed by atoms with E-state index in [2.05, 4.69) is 23.9 Å². The SMILES string of the molecule is CC(C)Nn1c2c(c3cc(F)ccc31)CCC2. The van der Waals surface area contributed by atoms with E-state index in [1.807, 2.05) is 6.07 Å². The topological polar surface area (TPSA) is 17.0 Å². The van der Waals surface area contributed by atoms with E-state index in [9.17, 15) is 4.39 Å². The van der Waals surface area contributed by atoms with E-state index in [4.69, 9.17) is 0 Å². The summed E-state index contributed by atoms with van der Waals surface area (Å²) in [5, 5.41) is 1.07. The van der Waals surface area contributed by atoms with E-state index in [1.54, 1.807) is 6.07 Å². The number of hydrogen-bond acceptors (Lipinski definition) is 1. The molecule has 17 heavy (non-hydrogen) atoms. The molecule has 0 amide bonds. The first kappa shape index (κ1) is 10.6. The van der Waals surface area contributed by atoms with Crippen LogP contribution in [0.5, 0.6) is 0 Å². The number of hydrogen-bond donors (Lipinski definition) is 1. The molecule has 0 saturated heterocycles. The minimum Gasteiger partial charge on any atom is -0.323 e. The summed E-state index contributed by atoms with van der Waals surface area (Å²) in [5.41, 5.74) is 7.20. The van der Waals surface area contributed by atoms with E-state index < -0.39 is 0 Å². The highest BCUT2D eigenvalue weighted by molar-refractivity contribution is 5.86. The number of nitrogens with one attached hydrogen (secondary N) is 1. The molecule has 90 valence electrons. The third-order valence-corrected chi connectivity index (χ3v) is 3.37. The van der Waals surface area contributed by atoms with Crippen LogP contribution in [-0.2, 0) is 12.8 Å². The standard InChI is InChI=1S/C14H17FN2/c1-9(2)16-17-13-5-3-4-11(13)12-8-10(15)6-7-14(12)17/h6-9,16H,3-5H2,1-2H3. The van der Waals surface area contributed by atoms with Crippen LogP contribution in [0.25, 0.3) is 10.9 Å². The molecule has 1 aliphatic rings. The van der Waals surface area contributed by atoms with Crippen molar-refractivity contribution < 1.29 is 4.39 Å². The molecule has 1 aromatic carbocycles. The van der Waals surface area contributed by atoms with Crippen molar-refractivity contribution in [3.8, 4) is 0 Å². The fourth-order valence-corrected chi connectivity index (χ4v) is 2.76. The van der Waals surface area contributed by atoms with Gasteiger partial charge in [-0.05, 0) is 56.9 Å². The molecule has 1 aliphatic carbocycles. The molecule has 3 rings (SSSR count). The van der Waals surface area contributed by atoms with Crippen LogP contribution in [0.4, 0.5) is 4.39 Å². The number of halogens is 1. The molecule has 3 heteroatoms. The Balaban J connectivity index is 2.26. The van der Waals surface area contributed by atoms with Crippen LogP contribution in [0.3, 0.4) is 0 Å². The van der Waals surface area contributed by atoms with Gasteiger partial charge in [0.05, 0.1) is 5.52 Å². The Hall–Kier alpha value is -1.51. The first-order valence-corrected chi connectivity index (χ1v) is 6.25. The summed E-state index contributed by atoms with van der Waals surface area (Å²) in [7, 11) is 0. The van der Waals surface area contributed by atoms with E-state index in [-0.39, 0.29) is 5.82 Å². The minimum absolute atomic E-state index is 0.145. The molecular weight excluding hydrogens is 215 g/mol. The molecule has 2 aromatic rings. The number of aromatic nitrogens is 1. The highest BCUT2D eigenvalue weighted by Gasteiger charge is 2.22. The van der Waals surface area contributed by atoms with Crippen LogP contribution in [0.2, 0.25) is 0 Å². The maximum Gasteiger partial charge on any atom is 0.123 e. The molecular formula is C14H17FN2. The zero-order chi connectivity index (χ0) is 12.0. The van der Waals surface area contributed by atoms with E-state index in [0.29, 0.717) is 6.04 Å². The highest BCUT2D eigenvalue weighted by atomic mass is 19.1.